The molecule has 9 nitrogen and oxygen atoms in total. The molecule has 0 amide bonds. The summed E-state index contributed by atoms with van der Waals surface area (Å²) < 4.78 is 5.77. The molecule has 0 radical (unpaired) electrons. The molecule has 49 heavy (non-hydrogen) atoms. The SMILES string of the molecule is C(=C\C1CCNCC1)/c1cncnc1.CN1CCC(/C=C/c2cncnc2)CC1.CN1CCC[C@@H](/C=C/c2cncc(OCC3CC3)c2)C1. The second-order valence-corrected chi connectivity index (χ2v) is 14.0. The fourth-order valence-corrected chi connectivity index (χ4v) is 6.26. The Kier molecular flexibility index (Phi) is 15.4. The number of aromatic nitrogens is 5. The predicted molar refractivity (Wildman–Crippen MR) is 200 cm³/mol. The van der Waals surface area contributed by atoms with E-state index in [1.807, 2.05) is 37.2 Å². The fourth-order valence-electron chi connectivity index (χ4n) is 6.26. The molecule has 0 aromatic carbocycles. The van der Waals surface area contributed by atoms with Crippen LogP contribution in [-0.4, -0.2) is 94.7 Å². The van der Waals surface area contributed by atoms with Crippen LogP contribution in [0.25, 0.3) is 18.2 Å². The maximum Gasteiger partial charge on any atom is 0.138 e. The van der Waals surface area contributed by atoms with E-state index in [4.69, 9.17) is 4.74 Å². The molecule has 3 aromatic rings. The Morgan fingerprint density at radius 3 is 1.82 bits per heavy atom. The molecule has 0 unspecified atom stereocenters. The van der Waals surface area contributed by atoms with E-state index in [9.17, 15) is 0 Å². The van der Waals surface area contributed by atoms with E-state index in [0.717, 1.165) is 59.9 Å². The lowest BCUT2D eigenvalue weighted by atomic mass is 9.96. The van der Waals surface area contributed by atoms with Crippen LogP contribution in [0.3, 0.4) is 0 Å². The van der Waals surface area contributed by atoms with Crippen molar-refractivity contribution in [3.05, 3.63) is 90.8 Å². The van der Waals surface area contributed by atoms with Crippen LogP contribution in [0.1, 0.15) is 68.1 Å². The molecule has 9 heteroatoms. The van der Waals surface area contributed by atoms with Crippen molar-refractivity contribution in [2.45, 2.75) is 51.4 Å². The van der Waals surface area contributed by atoms with Crippen LogP contribution in [0.5, 0.6) is 5.75 Å². The average molecular weight is 665 g/mol. The molecular weight excluding hydrogens is 608 g/mol. The second kappa shape index (κ2) is 20.7. The number of rotatable bonds is 9. The van der Waals surface area contributed by atoms with Gasteiger partial charge in [0.05, 0.1) is 12.8 Å². The molecule has 3 aromatic heterocycles. The Balaban J connectivity index is 0.000000146. The largest absolute Gasteiger partial charge is 0.492 e. The topological polar surface area (TPSA) is 92.2 Å². The van der Waals surface area contributed by atoms with Gasteiger partial charge in [0, 0.05) is 48.7 Å². The summed E-state index contributed by atoms with van der Waals surface area (Å²) in [5.41, 5.74) is 3.33. The molecule has 4 aliphatic rings. The van der Waals surface area contributed by atoms with Gasteiger partial charge in [-0.1, -0.05) is 36.5 Å². The fraction of sp³-hybridized carbons (Fsp3) is 0.525. The van der Waals surface area contributed by atoms with Gasteiger partial charge in [-0.2, -0.15) is 0 Å². The smallest absolute Gasteiger partial charge is 0.138 e. The number of hydrogen-bond donors (Lipinski definition) is 1. The zero-order valence-corrected chi connectivity index (χ0v) is 29.6. The van der Waals surface area contributed by atoms with Crippen LogP contribution in [0.15, 0.2) is 74.1 Å². The highest BCUT2D eigenvalue weighted by molar-refractivity contribution is 5.50. The molecule has 3 aliphatic heterocycles. The third kappa shape index (κ3) is 14.7. The Labute approximate surface area is 294 Å². The van der Waals surface area contributed by atoms with Crippen LogP contribution >= 0.6 is 0 Å². The summed E-state index contributed by atoms with van der Waals surface area (Å²) in [4.78, 5) is 25.0. The number of allylic oxidation sites excluding steroid dienone is 2. The normalized spacial score (nSPS) is 21.3. The van der Waals surface area contributed by atoms with Crippen molar-refractivity contribution >= 4 is 18.2 Å². The number of hydrogen-bond acceptors (Lipinski definition) is 9. The maximum absolute atomic E-state index is 5.77. The van der Waals surface area contributed by atoms with Crippen molar-refractivity contribution in [2.75, 3.05) is 60.0 Å². The maximum atomic E-state index is 5.77. The quantitative estimate of drug-likeness (QED) is 0.274. The number of nitrogens with one attached hydrogen (secondary N) is 1. The minimum absolute atomic E-state index is 0.671. The van der Waals surface area contributed by atoms with Gasteiger partial charge >= 0.3 is 0 Å². The van der Waals surface area contributed by atoms with Crippen LogP contribution < -0.4 is 10.1 Å². The van der Waals surface area contributed by atoms with Crippen LogP contribution in [0.4, 0.5) is 0 Å². The number of nitrogens with zero attached hydrogens (tertiary/aromatic N) is 7. The van der Waals surface area contributed by atoms with Gasteiger partial charge in [-0.15, -0.1) is 0 Å². The Morgan fingerprint density at radius 2 is 1.20 bits per heavy atom. The first-order valence-electron chi connectivity index (χ1n) is 18.3. The average Bonchev–Trinajstić information content (AvgIpc) is 3.99. The van der Waals surface area contributed by atoms with E-state index in [-0.39, 0.29) is 0 Å². The van der Waals surface area contributed by atoms with Crippen molar-refractivity contribution in [1.82, 2.24) is 40.0 Å². The molecule has 1 saturated carbocycles. The third-order valence-electron chi connectivity index (χ3n) is 9.57. The van der Waals surface area contributed by atoms with E-state index in [0.29, 0.717) is 5.92 Å². The molecule has 0 spiro atoms. The summed E-state index contributed by atoms with van der Waals surface area (Å²) >= 11 is 0. The lowest BCUT2D eigenvalue weighted by molar-refractivity contribution is 0.238. The summed E-state index contributed by atoms with van der Waals surface area (Å²) in [6, 6.07) is 2.10. The lowest BCUT2D eigenvalue weighted by Gasteiger charge is -2.27. The van der Waals surface area contributed by atoms with E-state index in [1.54, 1.807) is 12.7 Å². The third-order valence-corrected chi connectivity index (χ3v) is 9.57. The van der Waals surface area contributed by atoms with Crippen LogP contribution in [0, 0.1) is 23.7 Å². The summed E-state index contributed by atoms with van der Waals surface area (Å²) in [6.07, 6.45) is 37.8. The van der Waals surface area contributed by atoms with Gasteiger partial charge in [0.2, 0.25) is 0 Å². The molecule has 1 N–H and O–H groups in total. The Hall–Kier alpha value is -3.79. The monoisotopic (exact) mass is 664 g/mol. The molecule has 262 valence electrons. The van der Waals surface area contributed by atoms with Gasteiger partial charge in [0.25, 0.3) is 0 Å². The highest BCUT2D eigenvalue weighted by atomic mass is 16.5. The van der Waals surface area contributed by atoms with E-state index >= 15 is 0 Å². The van der Waals surface area contributed by atoms with Crippen molar-refractivity contribution in [3.8, 4) is 5.75 Å². The molecule has 7 rings (SSSR count). The zero-order chi connectivity index (χ0) is 33.9. The van der Waals surface area contributed by atoms with Crippen molar-refractivity contribution in [3.63, 3.8) is 0 Å². The number of ether oxygens (including phenoxy) is 1. The first kappa shape index (κ1) is 36.5. The lowest BCUT2D eigenvalue weighted by Crippen LogP contribution is -2.30. The summed E-state index contributed by atoms with van der Waals surface area (Å²) in [5, 5.41) is 3.35. The van der Waals surface area contributed by atoms with Crippen LogP contribution in [-0.2, 0) is 0 Å². The number of piperidine rings is 3. The molecule has 0 bridgehead atoms. The van der Waals surface area contributed by atoms with E-state index in [2.05, 4.69) is 96.7 Å². The van der Waals surface area contributed by atoms with Gasteiger partial charge in [0.1, 0.15) is 18.4 Å². The Bertz CT molecular complexity index is 1410. The summed E-state index contributed by atoms with van der Waals surface area (Å²) in [6.45, 7) is 7.95. The van der Waals surface area contributed by atoms with E-state index in [1.165, 1.54) is 77.5 Å². The molecule has 1 aliphatic carbocycles. The van der Waals surface area contributed by atoms with Crippen molar-refractivity contribution in [1.29, 1.82) is 0 Å². The first-order valence-corrected chi connectivity index (χ1v) is 18.3. The summed E-state index contributed by atoms with van der Waals surface area (Å²) in [5.74, 6) is 3.80. The molecule has 3 saturated heterocycles. The van der Waals surface area contributed by atoms with Crippen LogP contribution in [0.2, 0.25) is 0 Å². The highest BCUT2D eigenvalue weighted by Crippen LogP contribution is 2.29. The molecule has 6 heterocycles. The zero-order valence-electron chi connectivity index (χ0n) is 29.6. The summed E-state index contributed by atoms with van der Waals surface area (Å²) in [7, 11) is 4.39. The number of pyridine rings is 1. The molecule has 4 fully saturated rings. The standard InChI is InChI=1S/C17H24N2O.C12H17N3.C11H15N3/c1-19-8-2-3-14(12-19)4-7-16-9-17(11-18-10-16)20-13-15-5-6-15;1-15-6-4-11(5-7-15)2-3-12-8-13-10-14-9-12;1(10-3-5-12-6-4-10)2-11-7-13-9-14-8-11/h4,7,9-11,14-15H,2-3,5-6,8,12-13H2,1H3;2-3,8-11H,4-7H2,1H3;1-2,7-10,12H,3-6H2/b7-4+;3-2+;2-1+/t14-;;/m0../s1. The first-order chi connectivity index (χ1) is 24.1. The molecule has 1 atom stereocenters. The van der Waals surface area contributed by atoms with E-state index < -0.39 is 0 Å². The van der Waals surface area contributed by atoms with Gasteiger partial charge in [-0.3, -0.25) is 4.98 Å². The minimum Gasteiger partial charge on any atom is -0.492 e. The number of likely N-dealkylation sites (tertiary alicyclic amines) is 2. The predicted octanol–water partition coefficient (Wildman–Crippen LogP) is 6.55. The van der Waals surface area contributed by atoms with Gasteiger partial charge < -0.3 is 19.9 Å². The Morgan fingerprint density at radius 1 is 0.633 bits per heavy atom. The van der Waals surface area contributed by atoms with Crippen molar-refractivity contribution < 1.29 is 4.74 Å². The second-order valence-electron chi connectivity index (χ2n) is 14.0. The van der Waals surface area contributed by atoms with Gasteiger partial charge in [0.15, 0.2) is 0 Å². The van der Waals surface area contributed by atoms with Crippen molar-refractivity contribution in [2.24, 2.45) is 23.7 Å². The molecular formula is C40H56N8O. The highest BCUT2D eigenvalue weighted by Gasteiger charge is 2.22. The van der Waals surface area contributed by atoms with Gasteiger partial charge in [-0.25, -0.2) is 19.9 Å². The minimum atomic E-state index is 0.671. The van der Waals surface area contributed by atoms with Gasteiger partial charge in [-0.05, 0) is 133 Å².